The molecule has 0 saturated heterocycles. The summed E-state index contributed by atoms with van der Waals surface area (Å²) in [5, 5.41) is 6.45. The molecule has 1 aliphatic rings. The van der Waals surface area contributed by atoms with Crippen LogP contribution >= 0.6 is 0 Å². The molecule has 2 N–H and O–H groups in total. The molecule has 0 aromatic heterocycles. The molecule has 6 nitrogen and oxygen atoms in total. The minimum atomic E-state index is -3.06. The van der Waals surface area contributed by atoms with Crippen LogP contribution in [0.2, 0.25) is 0 Å². The topological polar surface area (TPSA) is 73.8 Å². The van der Waals surface area contributed by atoms with Crippen molar-refractivity contribution in [2.45, 2.75) is 33.1 Å². The lowest BCUT2D eigenvalue weighted by Gasteiger charge is -2.16. The van der Waals surface area contributed by atoms with E-state index in [-0.39, 0.29) is 5.75 Å². The molecule has 7 heteroatoms. The summed E-state index contributed by atoms with van der Waals surface area (Å²) in [4.78, 5) is 4.52. The average molecular weight is 304 g/mol. The molecule has 1 rings (SSSR count). The van der Waals surface area contributed by atoms with E-state index in [1.807, 2.05) is 6.92 Å². The van der Waals surface area contributed by atoms with Crippen LogP contribution in [-0.4, -0.2) is 57.7 Å². The molecule has 1 fully saturated rings. The Morgan fingerprint density at radius 1 is 1.30 bits per heavy atom. The molecule has 0 aliphatic heterocycles. The highest BCUT2D eigenvalue weighted by Crippen LogP contribution is 2.28. The van der Waals surface area contributed by atoms with E-state index >= 15 is 0 Å². The van der Waals surface area contributed by atoms with Gasteiger partial charge in [0.1, 0.15) is 0 Å². The van der Waals surface area contributed by atoms with Gasteiger partial charge in [0.15, 0.2) is 5.96 Å². The SMILES string of the molecule is CCNC(=NCC1CC1)NCCCN(C)S(=O)(=O)CC. The van der Waals surface area contributed by atoms with Crippen LogP contribution in [0.15, 0.2) is 4.99 Å². The van der Waals surface area contributed by atoms with Gasteiger partial charge in [0.2, 0.25) is 10.0 Å². The second-order valence-corrected chi connectivity index (χ2v) is 7.53. The summed E-state index contributed by atoms with van der Waals surface area (Å²) < 4.78 is 24.6. The van der Waals surface area contributed by atoms with Crippen LogP contribution < -0.4 is 10.6 Å². The fourth-order valence-corrected chi connectivity index (χ4v) is 2.58. The Hall–Kier alpha value is -0.820. The second kappa shape index (κ2) is 8.46. The highest BCUT2D eigenvalue weighted by Gasteiger charge is 2.20. The zero-order valence-corrected chi connectivity index (χ0v) is 13.7. The van der Waals surface area contributed by atoms with Gasteiger partial charge in [0, 0.05) is 33.2 Å². The van der Waals surface area contributed by atoms with Gasteiger partial charge in [-0.3, -0.25) is 4.99 Å². The predicted molar refractivity (Wildman–Crippen MR) is 83.4 cm³/mol. The molecule has 20 heavy (non-hydrogen) atoms. The summed E-state index contributed by atoms with van der Waals surface area (Å²) >= 11 is 0. The summed E-state index contributed by atoms with van der Waals surface area (Å²) in [7, 11) is -1.43. The predicted octanol–water partition coefficient (Wildman–Crippen LogP) is 0.623. The largest absolute Gasteiger partial charge is 0.357 e. The molecule has 0 aromatic carbocycles. The van der Waals surface area contributed by atoms with E-state index in [1.54, 1.807) is 14.0 Å². The monoisotopic (exact) mass is 304 g/mol. The lowest BCUT2D eigenvalue weighted by Crippen LogP contribution is -2.39. The zero-order valence-electron chi connectivity index (χ0n) is 12.9. The Morgan fingerprint density at radius 3 is 2.55 bits per heavy atom. The number of nitrogens with one attached hydrogen (secondary N) is 2. The Kier molecular flexibility index (Phi) is 7.29. The highest BCUT2D eigenvalue weighted by atomic mass is 32.2. The lowest BCUT2D eigenvalue weighted by atomic mass is 10.4. The number of hydrogen-bond acceptors (Lipinski definition) is 3. The molecule has 118 valence electrons. The third-order valence-corrected chi connectivity index (χ3v) is 5.19. The Balaban J connectivity index is 2.24. The Labute approximate surface area is 123 Å². The minimum Gasteiger partial charge on any atom is -0.357 e. The van der Waals surface area contributed by atoms with Gasteiger partial charge in [-0.1, -0.05) is 0 Å². The highest BCUT2D eigenvalue weighted by molar-refractivity contribution is 7.89. The molecule has 1 aliphatic carbocycles. The summed E-state index contributed by atoms with van der Waals surface area (Å²) in [5.74, 6) is 1.76. The first-order valence-corrected chi connectivity index (χ1v) is 9.06. The fourth-order valence-electron chi connectivity index (χ4n) is 1.73. The second-order valence-electron chi connectivity index (χ2n) is 5.17. The number of sulfonamides is 1. The van der Waals surface area contributed by atoms with Crippen LogP contribution in [-0.2, 0) is 10.0 Å². The molecule has 0 bridgehead atoms. The van der Waals surface area contributed by atoms with Gasteiger partial charge >= 0.3 is 0 Å². The van der Waals surface area contributed by atoms with Crippen molar-refractivity contribution >= 4 is 16.0 Å². The number of nitrogens with zero attached hydrogens (tertiary/aromatic N) is 2. The van der Waals surface area contributed by atoms with E-state index in [4.69, 9.17) is 0 Å². The van der Waals surface area contributed by atoms with Gasteiger partial charge in [-0.15, -0.1) is 0 Å². The maximum Gasteiger partial charge on any atom is 0.213 e. The fraction of sp³-hybridized carbons (Fsp3) is 0.923. The van der Waals surface area contributed by atoms with Gasteiger partial charge in [-0.25, -0.2) is 12.7 Å². The van der Waals surface area contributed by atoms with Crippen molar-refractivity contribution in [3.05, 3.63) is 0 Å². The average Bonchev–Trinajstić information content (AvgIpc) is 3.24. The molecule has 0 amide bonds. The third-order valence-electron chi connectivity index (χ3n) is 3.33. The minimum absolute atomic E-state index is 0.155. The number of hydrogen-bond donors (Lipinski definition) is 2. The van der Waals surface area contributed by atoms with Crippen LogP contribution in [0, 0.1) is 5.92 Å². The molecule has 0 atom stereocenters. The van der Waals surface area contributed by atoms with E-state index in [0.717, 1.165) is 37.9 Å². The van der Waals surface area contributed by atoms with Crippen molar-refractivity contribution in [2.75, 3.05) is 39.0 Å². The van der Waals surface area contributed by atoms with Crippen molar-refractivity contribution in [3.63, 3.8) is 0 Å². The first-order valence-electron chi connectivity index (χ1n) is 7.45. The van der Waals surface area contributed by atoms with Gasteiger partial charge in [0.05, 0.1) is 5.75 Å². The van der Waals surface area contributed by atoms with Crippen molar-refractivity contribution < 1.29 is 8.42 Å². The first-order chi connectivity index (χ1) is 9.49. The van der Waals surface area contributed by atoms with Crippen molar-refractivity contribution in [1.82, 2.24) is 14.9 Å². The summed E-state index contributed by atoms with van der Waals surface area (Å²) in [5.41, 5.74) is 0. The molecule has 0 aromatic rings. The smallest absolute Gasteiger partial charge is 0.213 e. The van der Waals surface area contributed by atoms with Gasteiger partial charge in [-0.05, 0) is 39.0 Å². The van der Waals surface area contributed by atoms with Crippen molar-refractivity contribution in [1.29, 1.82) is 0 Å². The van der Waals surface area contributed by atoms with Crippen LogP contribution in [0.5, 0.6) is 0 Å². The molecule has 0 unspecified atom stereocenters. The number of guanidine groups is 1. The zero-order chi connectivity index (χ0) is 15.0. The lowest BCUT2D eigenvalue weighted by molar-refractivity contribution is 0.461. The van der Waals surface area contributed by atoms with Crippen LogP contribution in [0.1, 0.15) is 33.1 Å². The van der Waals surface area contributed by atoms with Crippen LogP contribution in [0.3, 0.4) is 0 Å². The van der Waals surface area contributed by atoms with E-state index in [1.165, 1.54) is 17.1 Å². The van der Waals surface area contributed by atoms with Gasteiger partial charge in [-0.2, -0.15) is 0 Å². The molecule has 0 heterocycles. The first kappa shape index (κ1) is 17.2. The molecular weight excluding hydrogens is 276 g/mol. The van der Waals surface area contributed by atoms with Gasteiger partial charge < -0.3 is 10.6 Å². The Morgan fingerprint density at radius 2 is 2.00 bits per heavy atom. The summed E-state index contributed by atoms with van der Waals surface area (Å²) in [6.45, 7) is 6.68. The Bertz CT molecular complexity index is 405. The van der Waals surface area contributed by atoms with Crippen molar-refractivity contribution in [2.24, 2.45) is 10.9 Å². The van der Waals surface area contributed by atoms with E-state index in [0.29, 0.717) is 6.54 Å². The van der Waals surface area contributed by atoms with Crippen LogP contribution in [0.4, 0.5) is 0 Å². The van der Waals surface area contributed by atoms with Gasteiger partial charge in [0.25, 0.3) is 0 Å². The molecule has 1 saturated carbocycles. The maximum atomic E-state index is 11.6. The van der Waals surface area contributed by atoms with Crippen LogP contribution in [0.25, 0.3) is 0 Å². The molecule has 0 radical (unpaired) electrons. The quantitative estimate of drug-likeness (QED) is 0.372. The van der Waals surface area contributed by atoms with Crippen molar-refractivity contribution in [3.8, 4) is 0 Å². The third kappa shape index (κ3) is 6.56. The molecular formula is C13H28N4O2S. The number of rotatable bonds is 9. The summed E-state index contributed by atoms with van der Waals surface area (Å²) in [6.07, 6.45) is 3.36. The molecule has 0 spiro atoms. The maximum absolute atomic E-state index is 11.6. The van der Waals surface area contributed by atoms with E-state index < -0.39 is 10.0 Å². The van der Waals surface area contributed by atoms with E-state index in [9.17, 15) is 8.42 Å². The normalized spacial score (nSPS) is 16.5. The summed E-state index contributed by atoms with van der Waals surface area (Å²) in [6, 6.07) is 0. The standard InChI is InChI=1S/C13H28N4O2S/c1-4-14-13(16-11-12-7-8-12)15-9-6-10-17(3)20(18,19)5-2/h12H,4-11H2,1-3H3,(H2,14,15,16). The van der Waals surface area contributed by atoms with E-state index in [2.05, 4.69) is 15.6 Å². The number of aliphatic imine (C=N–C) groups is 1.